The minimum atomic E-state index is -0.129. The number of hydrogen-bond donors (Lipinski definition) is 1. The first kappa shape index (κ1) is 19.9. The lowest BCUT2D eigenvalue weighted by molar-refractivity contribution is -0.115. The van der Waals surface area contributed by atoms with Crippen LogP contribution in [0.5, 0.6) is 0 Å². The van der Waals surface area contributed by atoms with E-state index in [2.05, 4.69) is 84.2 Å². The number of amides is 1. The molecule has 31 heavy (non-hydrogen) atoms. The molecule has 5 rings (SSSR count). The Balaban J connectivity index is 1.47. The van der Waals surface area contributed by atoms with Crippen LogP contribution in [-0.4, -0.2) is 15.9 Å². The third-order valence-electron chi connectivity index (χ3n) is 5.64. The summed E-state index contributed by atoms with van der Waals surface area (Å²) in [5, 5.41) is 2.66. The zero-order valence-electron chi connectivity index (χ0n) is 16.7. The number of nitrogens with zero attached hydrogens (tertiary/aromatic N) is 1. The van der Waals surface area contributed by atoms with Crippen LogP contribution in [0.25, 0.3) is 6.08 Å². The highest BCUT2D eigenvalue weighted by molar-refractivity contribution is 8.26. The van der Waals surface area contributed by atoms with Crippen molar-refractivity contribution in [2.24, 2.45) is 4.99 Å². The van der Waals surface area contributed by atoms with E-state index in [9.17, 15) is 4.79 Å². The molecule has 0 aliphatic carbocycles. The Morgan fingerprint density at radius 1 is 0.903 bits per heavy atom. The van der Waals surface area contributed by atoms with Gasteiger partial charge in [0.15, 0.2) is 0 Å². The molecule has 1 saturated heterocycles. The molecule has 2 atom stereocenters. The van der Waals surface area contributed by atoms with Gasteiger partial charge in [0, 0.05) is 11.6 Å². The first-order valence-electron chi connectivity index (χ1n) is 10.2. The fraction of sp³-hybridized carbons (Fsp3) is 0.115. The van der Waals surface area contributed by atoms with Gasteiger partial charge in [0.05, 0.1) is 10.9 Å². The van der Waals surface area contributed by atoms with Gasteiger partial charge in [-0.05, 0) is 34.8 Å². The molecule has 152 valence electrons. The quantitative estimate of drug-likeness (QED) is 0.406. The third kappa shape index (κ3) is 4.24. The summed E-state index contributed by atoms with van der Waals surface area (Å²) in [7, 11) is 0. The summed E-state index contributed by atoms with van der Waals surface area (Å²) < 4.78 is 0.507. The Bertz CT molecular complexity index is 1190. The fourth-order valence-electron chi connectivity index (χ4n) is 4.12. The van der Waals surface area contributed by atoms with Crippen LogP contribution >= 0.6 is 24.0 Å². The number of benzene rings is 3. The molecule has 5 heteroatoms. The Morgan fingerprint density at radius 3 is 2.23 bits per heavy atom. The second-order valence-corrected chi connectivity index (χ2v) is 9.35. The smallest absolute Gasteiger partial charge is 0.263 e. The molecule has 2 aliphatic rings. The summed E-state index contributed by atoms with van der Waals surface area (Å²) in [5.74, 6) is 0.172. The van der Waals surface area contributed by atoms with Gasteiger partial charge in [-0.25, -0.2) is 0 Å². The van der Waals surface area contributed by atoms with Crippen molar-refractivity contribution in [3.05, 3.63) is 112 Å². The highest BCUT2D eigenvalue weighted by Crippen LogP contribution is 2.43. The molecule has 2 aliphatic heterocycles. The van der Waals surface area contributed by atoms with Crippen molar-refractivity contribution in [1.29, 1.82) is 0 Å². The minimum Gasteiger partial charge on any atom is -0.307 e. The summed E-state index contributed by atoms with van der Waals surface area (Å²) in [5.41, 5.74) is 5.81. The van der Waals surface area contributed by atoms with Gasteiger partial charge in [-0.3, -0.25) is 9.79 Å². The number of carbonyl (C=O) groups is 1. The van der Waals surface area contributed by atoms with E-state index in [1.807, 2.05) is 12.1 Å². The lowest BCUT2D eigenvalue weighted by Crippen LogP contribution is -2.17. The van der Waals surface area contributed by atoms with Gasteiger partial charge in [-0.15, -0.1) is 0 Å². The normalized spacial score (nSPS) is 21.9. The molecule has 3 nitrogen and oxygen atoms in total. The van der Waals surface area contributed by atoms with E-state index in [1.54, 1.807) is 0 Å². The predicted molar refractivity (Wildman–Crippen MR) is 132 cm³/mol. The van der Waals surface area contributed by atoms with E-state index >= 15 is 0 Å². The maximum atomic E-state index is 11.9. The van der Waals surface area contributed by atoms with Gasteiger partial charge in [-0.2, -0.15) is 0 Å². The van der Waals surface area contributed by atoms with Crippen molar-refractivity contribution in [2.45, 2.75) is 18.4 Å². The molecule has 1 amide bonds. The molecule has 0 spiro atoms. The average Bonchev–Trinajstić information content (AvgIpc) is 3.39. The van der Waals surface area contributed by atoms with Gasteiger partial charge < -0.3 is 5.32 Å². The molecular formula is C26H20N2OS2. The number of hydrogen-bond acceptors (Lipinski definition) is 4. The molecular weight excluding hydrogens is 420 g/mol. The number of thiocarbonyl (C=S) groups is 1. The Kier molecular flexibility index (Phi) is 5.53. The zero-order valence-corrected chi connectivity index (χ0v) is 18.3. The molecule has 1 N–H and O–H groups in total. The summed E-state index contributed by atoms with van der Waals surface area (Å²) in [6.45, 7) is 0. The lowest BCUT2D eigenvalue weighted by Gasteiger charge is -2.19. The van der Waals surface area contributed by atoms with Crippen LogP contribution in [0.4, 0.5) is 0 Å². The molecule has 3 aromatic rings. The third-order valence-corrected chi connectivity index (χ3v) is 6.80. The van der Waals surface area contributed by atoms with E-state index in [4.69, 9.17) is 17.2 Å². The molecule has 2 heterocycles. The first-order valence-corrected chi connectivity index (χ1v) is 11.4. The Labute approximate surface area is 191 Å². The van der Waals surface area contributed by atoms with Gasteiger partial charge >= 0.3 is 0 Å². The minimum absolute atomic E-state index is 0.0658. The number of nitrogens with one attached hydrogen (secondary N) is 1. The lowest BCUT2D eigenvalue weighted by atomic mass is 9.85. The van der Waals surface area contributed by atoms with Crippen molar-refractivity contribution in [1.82, 2.24) is 5.32 Å². The largest absolute Gasteiger partial charge is 0.307 e. The van der Waals surface area contributed by atoms with Crippen molar-refractivity contribution < 1.29 is 4.79 Å². The van der Waals surface area contributed by atoms with Crippen molar-refractivity contribution in [3.8, 4) is 0 Å². The van der Waals surface area contributed by atoms with Crippen LogP contribution < -0.4 is 5.32 Å². The maximum absolute atomic E-state index is 11.9. The highest BCUT2D eigenvalue weighted by atomic mass is 32.2. The Morgan fingerprint density at radius 2 is 1.58 bits per heavy atom. The molecule has 0 aromatic heterocycles. The number of rotatable bonds is 4. The van der Waals surface area contributed by atoms with Crippen LogP contribution in [0.1, 0.15) is 40.6 Å². The van der Waals surface area contributed by atoms with Crippen LogP contribution in [0.15, 0.2) is 94.8 Å². The zero-order chi connectivity index (χ0) is 21.2. The Hall–Kier alpha value is -3.02. The summed E-state index contributed by atoms with van der Waals surface area (Å²) in [4.78, 5) is 17.7. The molecule has 1 fully saturated rings. The number of aliphatic imine (C=N–C) groups is 1. The van der Waals surface area contributed by atoms with Crippen LogP contribution in [0.2, 0.25) is 0 Å². The molecule has 0 radical (unpaired) electrons. The summed E-state index contributed by atoms with van der Waals surface area (Å²) >= 11 is 6.37. The molecule has 0 saturated carbocycles. The molecule has 3 aromatic carbocycles. The summed E-state index contributed by atoms with van der Waals surface area (Å²) in [6.07, 6.45) is 2.80. The van der Waals surface area contributed by atoms with Crippen LogP contribution in [-0.2, 0) is 4.79 Å². The monoisotopic (exact) mass is 440 g/mol. The number of carbonyl (C=O) groups excluding carboxylic acids is 1. The van der Waals surface area contributed by atoms with Crippen molar-refractivity contribution in [2.75, 3.05) is 0 Å². The van der Waals surface area contributed by atoms with E-state index in [-0.39, 0.29) is 11.9 Å². The summed E-state index contributed by atoms with van der Waals surface area (Å²) in [6, 6.07) is 29.5. The standard InChI is InChI=1S/C26H20N2OS2/c29-25-23(31-26(30)28-25)15-17-11-13-20(14-12-17)24-21(18-7-3-1-4-8-18)16-22(27-24)19-9-5-2-6-10-19/h1-15,21,24H,16H2,(H,28,29,30). The maximum Gasteiger partial charge on any atom is 0.263 e. The van der Waals surface area contributed by atoms with E-state index in [0.29, 0.717) is 15.1 Å². The van der Waals surface area contributed by atoms with Gasteiger partial charge in [0.25, 0.3) is 5.91 Å². The fourth-order valence-corrected chi connectivity index (χ4v) is 5.17. The van der Waals surface area contributed by atoms with Gasteiger partial charge in [-0.1, -0.05) is 109 Å². The second-order valence-electron chi connectivity index (χ2n) is 7.63. The average molecular weight is 441 g/mol. The van der Waals surface area contributed by atoms with Crippen LogP contribution in [0.3, 0.4) is 0 Å². The van der Waals surface area contributed by atoms with Gasteiger partial charge in [0.1, 0.15) is 4.32 Å². The van der Waals surface area contributed by atoms with Crippen molar-refractivity contribution in [3.63, 3.8) is 0 Å². The van der Waals surface area contributed by atoms with Gasteiger partial charge in [0.2, 0.25) is 0 Å². The van der Waals surface area contributed by atoms with E-state index < -0.39 is 0 Å². The van der Waals surface area contributed by atoms with Crippen LogP contribution in [0, 0.1) is 0 Å². The number of thioether (sulfide) groups is 1. The predicted octanol–water partition coefficient (Wildman–Crippen LogP) is 5.89. The molecule has 2 unspecified atom stereocenters. The topological polar surface area (TPSA) is 41.5 Å². The first-order chi connectivity index (χ1) is 15.2. The molecule has 0 bridgehead atoms. The highest BCUT2D eigenvalue weighted by Gasteiger charge is 2.32. The SMILES string of the molecule is O=C1NC(=S)SC1=Cc1ccc(C2N=C(c3ccccc3)CC2c2ccccc2)cc1. The second kappa shape index (κ2) is 8.61. The van der Waals surface area contributed by atoms with E-state index in [1.165, 1.54) is 28.5 Å². The van der Waals surface area contributed by atoms with Crippen molar-refractivity contribution >= 4 is 46.0 Å². The van der Waals surface area contributed by atoms with E-state index in [0.717, 1.165) is 17.7 Å².